The van der Waals surface area contributed by atoms with Gasteiger partial charge >= 0.3 is 0 Å². The van der Waals surface area contributed by atoms with E-state index in [4.69, 9.17) is 11.6 Å². The lowest BCUT2D eigenvalue weighted by Gasteiger charge is -2.19. The molecule has 2 aromatic carbocycles. The summed E-state index contributed by atoms with van der Waals surface area (Å²) in [6, 6.07) is 11.4. The number of hydrogen-bond donors (Lipinski definition) is 1. The molecule has 32 heavy (non-hydrogen) atoms. The Kier molecular flexibility index (Phi) is 7.04. The van der Waals surface area contributed by atoms with Crippen LogP contribution < -0.4 is 5.32 Å². The van der Waals surface area contributed by atoms with Crippen LogP contribution in [0.2, 0.25) is 5.02 Å². The molecular weight excluding hydrogens is 424 g/mol. The largest absolute Gasteiger partial charge is 0.332 e. The number of aromatic nitrogens is 2. The zero-order chi connectivity index (χ0) is 23.6. The molecule has 0 saturated carbocycles. The number of hydrogen-bond acceptors (Lipinski definition) is 3. The Hall–Kier alpha value is -3.12. The van der Waals surface area contributed by atoms with Crippen LogP contribution in [0.4, 0.5) is 5.69 Å². The molecule has 1 N–H and O–H groups in total. The molecule has 3 aromatic rings. The van der Waals surface area contributed by atoms with Crippen LogP contribution in [-0.2, 0) is 4.79 Å². The molecule has 0 radical (unpaired) electrons. The van der Waals surface area contributed by atoms with Crippen LogP contribution in [0, 0.1) is 20.8 Å². The number of halogens is 1. The maximum Gasteiger partial charge on any atom is 0.257 e. The van der Waals surface area contributed by atoms with E-state index < -0.39 is 0 Å². The first-order valence-electron chi connectivity index (χ1n) is 10.6. The Labute approximate surface area is 194 Å². The van der Waals surface area contributed by atoms with Crippen molar-refractivity contribution in [1.82, 2.24) is 14.7 Å². The van der Waals surface area contributed by atoms with Gasteiger partial charge in [0.1, 0.15) is 0 Å². The summed E-state index contributed by atoms with van der Waals surface area (Å²) in [4.78, 5) is 27.3. The van der Waals surface area contributed by atoms with E-state index in [0.29, 0.717) is 10.6 Å². The third-order valence-corrected chi connectivity index (χ3v) is 5.54. The predicted octanol–water partition coefficient (Wildman–Crippen LogP) is 5.29. The summed E-state index contributed by atoms with van der Waals surface area (Å²) < 4.78 is 1.73. The number of rotatable bonds is 6. The number of nitrogens with zero attached hydrogens (tertiary/aromatic N) is 3. The summed E-state index contributed by atoms with van der Waals surface area (Å²) in [6.45, 7) is 9.89. The van der Waals surface area contributed by atoms with Gasteiger partial charge < -0.3 is 10.2 Å². The van der Waals surface area contributed by atoms with E-state index in [1.54, 1.807) is 30.1 Å². The second kappa shape index (κ2) is 9.57. The monoisotopic (exact) mass is 452 g/mol. The van der Waals surface area contributed by atoms with Gasteiger partial charge in [0.15, 0.2) is 0 Å². The van der Waals surface area contributed by atoms with Crippen molar-refractivity contribution >= 4 is 29.1 Å². The van der Waals surface area contributed by atoms with Crippen molar-refractivity contribution in [3.05, 3.63) is 75.6 Å². The fourth-order valence-electron chi connectivity index (χ4n) is 3.94. The van der Waals surface area contributed by atoms with Crippen LogP contribution >= 0.6 is 11.6 Å². The topological polar surface area (TPSA) is 67.2 Å². The molecule has 7 heteroatoms. The molecule has 0 bridgehead atoms. The maximum atomic E-state index is 13.2. The minimum atomic E-state index is -0.255. The van der Waals surface area contributed by atoms with Crippen LogP contribution in [0.25, 0.3) is 5.69 Å². The van der Waals surface area contributed by atoms with E-state index in [-0.39, 0.29) is 24.3 Å². The minimum Gasteiger partial charge on any atom is -0.332 e. The van der Waals surface area contributed by atoms with Crippen molar-refractivity contribution in [3.63, 3.8) is 0 Å². The SMILES string of the molecule is Cc1cc(C)c(NC(=O)CN(C)C(=O)c2cnn(-c3cccc(Cl)c3)c2C(C)C)c(C)c1. The molecule has 0 unspecified atom stereocenters. The van der Waals surface area contributed by atoms with E-state index >= 15 is 0 Å². The molecule has 0 aliphatic carbocycles. The molecule has 1 heterocycles. The zero-order valence-electron chi connectivity index (χ0n) is 19.4. The van der Waals surface area contributed by atoms with Crippen molar-refractivity contribution in [1.29, 1.82) is 0 Å². The number of nitrogens with one attached hydrogen (secondary N) is 1. The molecule has 0 aliphatic rings. The Morgan fingerprint density at radius 3 is 2.38 bits per heavy atom. The predicted molar refractivity (Wildman–Crippen MR) is 129 cm³/mol. The summed E-state index contributed by atoms with van der Waals surface area (Å²) in [5, 5.41) is 7.98. The summed E-state index contributed by atoms with van der Waals surface area (Å²) in [6.07, 6.45) is 1.56. The van der Waals surface area contributed by atoms with Crippen LogP contribution in [-0.4, -0.2) is 40.1 Å². The summed E-state index contributed by atoms with van der Waals surface area (Å²) in [5.41, 5.74) is 5.95. The molecule has 0 saturated heterocycles. The molecule has 3 rings (SSSR count). The van der Waals surface area contributed by atoms with Gasteiger partial charge in [0.2, 0.25) is 5.91 Å². The molecule has 0 atom stereocenters. The summed E-state index contributed by atoms with van der Waals surface area (Å²) in [7, 11) is 1.62. The normalized spacial score (nSPS) is 11.0. The Balaban J connectivity index is 1.81. The highest BCUT2D eigenvalue weighted by molar-refractivity contribution is 6.30. The lowest BCUT2D eigenvalue weighted by Crippen LogP contribution is -2.35. The smallest absolute Gasteiger partial charge is 0.257 e. The van der Waals surface area contributed by atoms with Gasteiger partial charge in [-0.15, -0.1) is 0 Å². The van der Waals surface area contributed by atoms with Gasteiger partial charge in [-0.3, -0.25) is 9.59 Å². The van der Waals surface area contributed by atoms with Crippen molar-refractivity contribution < 1.29 is 9.59 Å². The minimum absolute atomic E-state index is 0.0375. The van der Waals surface area contributed by atoms with Gasteiger partial charge in [0, 0.05) is 17.8 Å². The van der Waals surface area contributed by atoms with Gasteiger partial charge in [0.05, 0.1) is 29.7 Å². The highest BCUT2D eigenvalue weighted by Gasteiger charge is 2.24. The van der Waals surface area contributed by atoms with Crippen molar-refractivity contribution in [2.45, 2.75) is 40.5 Å². The van der Waals surface area contributed by atoms with Gasteiger partial charge in [-0.2, -0.15) is 5.10 Å². The number of aryl methyl sites for hydroxylation is 3. The van der Waals surface area contributed by atoms with E-state index in [0.717, 1.165) is 33.8 Å². The van der Waals surface area contributed by atoms with Crippen LogP contribution in [0.5, 0.6) is 0 Å². The van der Waals surface area contributed by atoms with Crippen LogP contribution in [0.15, 0.2) is 42.6 Å². The van der Waals surface area contributed by atoms with Gasteiger partial charge in [-0.1, -0.05) is 49.2 Å². The first-order chi connectivity index (χ1) is 15.1. The van der Waals surface area contributed by atoms with Gasteiger partial charge in [-0.25, -0.2) is 4.68 Å². The first kappa shape index (κ1) is 23.5. The summed E-state index contributed by atoms with van der Waals surface area (Å²) in [5.74, 6) is -0.464. The average Bonchev–Trinajstić information content (AvgIpc) is 3.15. The Morgan fingerprint density at radius 1 is 1.12 bits per heavy atom. The highest BCUT2D eigenvalue weighted by Crippen LogP contribution is 2.26. The maximum absolute atomic E-state index is 13.2. The number of carbonyl (C=O) groups excluding carboxylic acids is 2. The van der Waals surface area contributed by atoms with Crippen molar-refractivity contribution in [2.75, 3.05) is 18.9 Å². The number of anilines is 1. The van der Waals surface area contributed by atoms with Gasteiger partial charge in [-0.05, 0) is 56.0 Å². The number of carbonyl (C=O) groups is 2. The molecule has 0 spiro atoms. The lowest BCUT2D eigenvalue weighted by molar-refractivity contribution is -0.116. The molecule has 6 nitrogen and oxygen atoms in total. The third-order valence-electron chi connectivity index (χ3n) is 5.31. The van der Waals surface area contributed by atoms with Crippen LogP contribution in [0.3, 0.4) is 0 Å². The van der Waals surface area contributed by atoms with Crippen LogP contribution in [0.1, 0.15) is 52.5 Å². The zero-order valence-corrected chi connectivity index (χ0v) is 20.1. The van der Waals surface area contributed by atoms with E-state index in [1.807, 2.05) is 58.9 Å². The Bertz CT molecular complexity index is 1140. The summed E-state index contributed by atoms with van der Waals surface area (Å²) >= 11 is 6.14. The van der Waals surface area contributed by atoms with E-state index in [1.165, 1.54) is 4.90 Å². The molecule has 0 aliphatic heterocycles. The molecule has 2 amide bonds. The van der Waals surface area contributed by atoms with E-state index in [2.05, 4.69) is 10.4 Å². The number of amides is 2. The molecule has 168 valence electrons. The van der Waals surface area contributed by atoms with Crippen molar-refractivity contribution in [2.24, 2.45) is 0 Å². The fourth-order valence-corrected chi connectivity index (χ4v) is 4.13. The van der Waals surface area contributed by atoms with Gasteiger partial charge in [0.25, 0.3) is 5.91 Å². The molecule has 1 aromatic heterocycles. The quantitative estimate of drug-likeness (QED) is 0.552. The number of benzene rings is 2. The third kappa shape index (κ3) is 5.02. The fraction of sp³-hybridized carbons (Fsp3) is 0.320. The molecular formula is C25H29ClN4O2. The second-order valence-corrected chi connectivity index (χ2v) is 8.91. The Morgan fingerprint density at radius 2 is 1.78 bits per heavy atom. The first-order valence-corrected chi connectivity index (χ1v) is 10.9. The molecule has 0 fully saturated rings. The average molecular weight is 453 g/mol. The van der Waals surface area contributed by atoms with Crippen molar-refractivity contribution in [3.8, 4) is 5.69 Å². The lowest BCUT2D eigenvalue weighted by atomic mass is 10.0. The highest BCUT2D eigenvalue weighted by atomic mass is 35.5. The number of likely N-dealkylation sites (N-methyl/N-ethyl adjacent to an activating group) is 1. The second-order valence-electron chi connectivity index (χ2n) is 8.47. The standard InChI is InChI=1S/C25H29ClN4O2/c1-15(2)24-21(13-27-30(24)20-9-7-8-19(26)12-20)25(32)29(6)14-22(31)28-23-17(4)10-16(3)11-18(23)5/h7-13,15H,14H2,1-6H3,(H,28,31). The van der Waals surface area contributed by atoms with E-state index in [9.17, 15) is 9.59 Å².